The monoisotopic (exact) mass is 291 g/mol. The van der Waals surface area contributed by atoms with Crippen molar-refractivity contribution in [1.82, 2.24) is 5.32 Å². The van der Waals surface area contributed by atoms with Gasteiger partial charge in [-0.15, -0.1) is 0 Å². The first kappa shape index (κ1) is 16.0. The van der Waals surface area contributed by atoms with Crippen LogP contribution < -0.4 is 5.32 Å². The lowest BCUT2D eigenvalue weighted by atomic mass is 9.86. The Morgan fingerprint density at radius 2 is 1.81 bits per heavy atom. The van der Waals surface area contributed by atoms with E-state index in [-0.39, 0.29) is 17.9 Å². The zero-order chi connectivity index (χ0) is 15.5. The Morgan fingerprint density at radius 3 is 2.33 bits per heavy atom. The SMILES string of the molecule is CC(C)(C)c1ccc(C(=O)NCC2(O)CCOCC2)cc1. The molecule has 1 aliphatic rings. The second kappa shape index (κ2) is 6.16. The molecule has 21 heavy (non-hydrogen) atoms. The van der Waals surface area contributed by atoms with Crippen molar-refractivity contribution in [2.45, 2.75) is 44.6 Å². The van der Waals surface area contributed by atoms with Crippen LogP contribution in [0.15, 0.2) is 24.3 Å². The molecule has 1 aromatic rings. The zero-order valence-corrected chi connectivity index (χ0v) is 13.1. The summed E-state index contributed by atoms with van der Waals surface area (Å²) in [6.07, 6.45) is 1.13. The number of carbonyl (C=O) groups excluding carboxylic acids is 1. The average molecular weight is 291 g/mol. The number of nitrogens with one attached hydrogen (secondary N) is 1. The minimum absolute atomic E-state index is 0.0757. The molecular formula is C17H25NO3. The maximum atomic E-state index is 12.1. The van der Waals surface area contributed by atoms with Gasteiger partial charge < -0.3 is 15.2 Å². The second-order valence-electron chi connectivity index (χ2n) is 6.85. The highest BCUT2D eigenvalue weighted by Crippen LogP contribution is 2.22. The van der Waals surface area contributed by atoms with Gasteiger partial charge in [-0.1, -0.05) is 32.9 Å². The normalized spacial score (nSPS) is 18.3. The molecule has 0 atom stereocenters. The average Bonchev–Trinajstić information content (AvgIpc) is 2.45. The molecule has 0 unspecified atom stereocenters. The number of amides is 1. The van der Waals surface area contributed by atoms with Crippen LogP contribution in [0.5, 0.6) is 0 Å². The van der Waals surface area contributed by atoms with Crippen LogP contribution in [0.2, 0.25) is 0 Å². The number of hydrogen-bond acceptors (Lipinski definition) is 3. The van der Waals surface area contributed by atoms with E-state index in [9.17, 15) is 9.90 Å². The predicted octanol–water partition coefficient (Wildman–Crippen LogP) is 2.26. The fraction of sp³-hybridized carbons (Fsp3) is 0.588. The van der Waals surface area contributed by atoms with Gasteiger partial charge >= 0.3 is 0 Å². The van der Waals surface area contributed by atoms with E-state index in [2.05, 4.69) is 26.1 Å². The van der Waals surface area contributed by atoms with Crippen LogP contribution in [-0.2, 0) is 10.2 Å². The van der Waals surface area contributed by atoms with Crippen LogP contribution in [0.1, 0.15) is 49.5 Å². The third kappa shape index (κ3) is 4.29. The Bertz CT molecular complexity index is 482. The lowest BCUT2D eigenvalue weighted by Crippen LogP contribution is -2.46. The quantitative estimate of drug-likeness (QED) is 0.898. The Hall–Kier alpha value is -1.39. The first-order valence-corrected chi connectivity index (χ1v) is 7.49. The molecular weight excluding hydrogens is 266 g/mol. The maximum absolute atomic E-state index is 12.1. The molecule has 1 heterocycles. The molecule has 0 spiro atoms. The van der Waals surface area contributed by atoms with Crippen LogP contribution in [0.3, 0.4) is 0 Å². The lowest BCUT2D eigenvalue weighted by molar-refractivity contribution is -0.0605. The zero-order valence-electron chi connectivity index (χ0n) is 13.1. The van der Waals surface area contributed by atoms with Crippen molar-refractivity contribution in [2.75, 3.05) is 19.8 Å². The molecule has 2 N–H and O–H groups in total. The Morgan fingerprint density at radius 1 is 1.24 bits per heavy atom. The highest BCUT2D eigenvalue weighted by atomic mass is 16.5. The van der Waals surface area contributed by atoms with Gasteiger partial charge in [0.05, 0.1) is 5.60 Å². The highest BCUT2D eigenvalue weighted by molar-refractivity contribution is 5.94. The fourth-order valence-corrected chi connectivity index (χ4v) is 2.40. The van der Waals surface area contributed by atoms with E-state index >= 15 is 0 Å². The third-order valence-corrected chi connectivity index (χ3v) is 4.01. The maximum Gasteiger partial charge on any atom is 0.251 e. The molecule has 2 rings (SSSR count). The van der Waals surface area contributed by atoms with Crippen LogP contribution in [-0.4, -0.2) is 36.4 Å². The molecule has 1 amide bonds. The number of hydrogen-bond donors (Lipinski definition) is 2. The van der Waals surface area contributed by atoms with E-state index in [4.69, 9.17) is 4.74 Å². The summed E-state index contributed by atoms with van der Waals surface area (Å²) in [5, 5.41) is 13.1. The van der Waals surface area contributed by atoms with E-state index < -0.39 is 5.60 Å². The van der Waals surface area contributed by atoms with E-state index in [0.717, 1.165) is 0 Å². The van der Waals surface area contributed by atoms with Crippen molar-refractivity contribution >= 4 is 5.91 Å². The minimum Gasteiger partial charge on any atom is -0.388 e. The van der Waals surface area contributed by atoms with Crippen molar-refractivity contribution in [2.24, 2.45) is 0 Å². The Kier molecular flexibility index (Phi) is 4.69. The predicted molar refractivity (Wildman–Crippen MR) is 82.5 cm³/mol. The first-order chi connectivity index (χ1) is 9.80. The second-order valence-corrected chi connectivity index (χ2v) is 6.85. The molecule has 116 valence electrons. The van der Waals surface area contributed by atoms with E-state index in [1.54, 1.807) is 0 Å². The topological polar surface area (TPSA) is 58.6 Å². The van der Waals surface area contributed by atoms with Gasteiger partial charge in [-0.25, -0.2) is 0 Å². The molecule has 1 fully saturated rings. The number of rotatable bonds is 3. The fourth-order valence-electron chi connectivity index (χ4n) is 2.40. The number of aliphatic hydroxyl groups is 1. The molecule has 4 nitrogen and oxygen atoms in total. The number of ether oxygens (including phenoxy) is 1. The molecule has 1 aromatic carbocycles. The van der Waals surface area contributed by atoms with E-state index in [1.807, 2.05) is 24.3 Å². The molecule has 0 aromatic heterocycles. The van der Waals surface area contributed by atoms with E-state index in [0.29, 0.717) is 31.6 Å². The molecule has 1 saturated heterocycles. The summed E-state index contributed by atoms with van der Waals surface area (Å²) in [6, 6.07) is 7.64. The van der Waals surface area contributed by atoms with Crippen molar-refractivity contribution in [3.05, 3.63) is 35.4 Å². The van der Waals surface area contributed by atoms with Crippen molar-refractivity contribution in [3.63, 3.8) is 0 Å². The van der Waals surface area contributed by atoms with Gasteiger partial charge in [0, 0.05) is 38.2 Å². The Balaban J connectivity index is 1.94. The summed E-state index contributed by atoms with van der Waals surface area (Å²) in [6.45, 7) is 7.80. The largest absolute Gasteiger partial charge is 0.388 e. The number of carbonyl (C=O) groups is 1. The van der Waals surface area contributed by atoms with Crippen LogP contribution in [0.25, 0.3) is 0 Å². The third-order valence-electron chi connectivity index (χ3n) is 4.01. The van der Waals surface area contributed by atoms with Crippen molar-refractivity contribution in [1.29, 1.82) is 0 Å². The van der Waals surface area contributed by atoms with Crippen molar-refractivity contribution < 1.29 is 14.6 Å². The smallest absolute Gasteiger partial charge is 0.251 e. The molecule has 4 heteroatoms. The van der Waals surface area contributed by atoms with Gasteiger partial charge in [0.15, 0.2) is 0 Å². The molecule has 0 bridgehead atoms. The minimum atomic E-state index is -0.834. The van der Waals surface area contributed by atoms with Crippen LogP contribution in [0, 0.1) is 0 Å². The summed E-state index contributed by atoms with van der Waals surface area (Å²) in [5.74, 6) is -0.143. The molecule has 0 radical (unpaired) electrons. The standard InChI is InChI=1S/C17H25NO3/c1-16(2,3)14-6-4-13(5-7-14)15(19)18-12-17(20)8-10-21-11-9-17/h4-7,20H,8-12H2,1-3H3,(H,18,19). The van der Waals surface area contributed by atoms with Crippen LogP contribution in [0.4, 0.5) is 0 Å². The molecule has 1 aliphatic heterocycles. The number of benzene rings is 1. The molecule has 0 saturated carbocycles. The van der Waals surface area contributed by atoms with Gasteiger partial charge in [0.25, 0.3) is 5.91 Å². The first-order valence-electron chi connectivity index (χ1n) is 7.49. The van der Waals surface area contributed by atoms with E-state index in [1.165, 1.54) is 5.56 Å². The van der Waals surface area contributed by atoms with Gasteiger partial charge in [-0.05, 0) is 23.1 Å². The highest BCUT2D eigenvalue weighted by Gasteiger charge is 2.30. The van der Waals surface area contributed by atoms with Gasteiger partial charge in [0.2, 0.25) is 0 Å². The Labute approximate surface area is 126 Å². The van der Waals surface area contributed by atoms with Gasteiger partial charge in [-0.3, -0.25) is 4.79 Å². The summed E-state index contributed by atoms with van der Waals surface area (Å²) in [5.41, 5.74) is 1.06. The van der Waals surface area contributed by atoms with Crippen LogP contribution >= 0.6 is 0 Å². The van der Waals surface area contributed by atoms with Gasteiger partial charge in [-0.2, -0.15) is 0 Å². The summed E-state index contributed by atoms with van der Waals surface area (Å²) >= 11 is 0. The van der Waals surface area contributed by atoms with Gasteiger partial charge in [0.1, 0.15) is 0 Å². The molecule has 0 aliphatic carbocycles. The van der Waals surface area contributed by atoms with Crippen molar-refractivity contribution in [3.8, 4) is 0 Å². The summed E-state index contributed by atoms with van der Waals surface area (Å²) < 4.78 is 5.23. The lowest BCUT2D eigenvalue weighted by Gasteiger charge is -2.32. The summed E-state index contributed by atoms with van der Waals surface area (Å²) in [4.78, 5) is 12.1. The summed E-state index contributed by atoms with van der Waals surface area (Å²) in [7, 11) is 0.